The molecule has 0 saturated carbocycles. The van der Waals surface area contributed by atoms with Crippen LogP contribution in [-0.4, -0.2) is 52.9 Å². The SMILES string of the molecule is O=C(c1cc(Br)c[nH]1)N1CCCN2CCCC2C1. The van der Waals surface area contributed by atoms with Gasteiger partial charge in [-0.05, 0) is 47.8 Å². The molecule has 3 heterocycles. The number of halogens is 1. The number of carbonyl (C=O) groups excluding carboxylic acids is 1. The number of rotatable bonds is 1. The molecule has 18 heavy (non-hydrogen) atoms. The molecule has 2 aliphatic heterocycles. The summed E-state index contributed by atoms with van der Waals surface area (Å²) < 4.78 is 0.933. The summed E-state index contributed by atoms with van der Waals surface area (Å²) in [6.07, 6.45) is 5.41. The fourth-order valence-corrected chi connectivity index (χ4v) is 3.40. The number of carbonyl (C=O) groups is 1. The van der Waals surface area contributed by atoms with E-state index in [0.717, 1.165) is 30.5 Å². The van der Waals surface area contributed by atoms with Gasteiger partial charge in [0.15, 0.2) is 0 Å². The molecule has 1 amide bonds. The second-order valence-electron chi connectivity index (χ2n) is 5.17. The van der Waals surface area contributed by atoms with Crippen LogP contribution >= 0.6 is 15.9 Å². The first-order valence-corrected chi connectivity index (χ1v) is 7.40. The van der Waals surface area contributed by atoms with Gasteiger partial charge in [0.25, 0.3) is 5.91 Å². The van der Waals surface area contributed by atoms with Crippen molar-refractivity contribution in [1.29, 1.82) is 0 Å². The van der Waals surface area contributed by atoms with Gasteiger partial charge in [0.1, 0.15) is 5.69 Å². The van der Waals surface area contributed by atoms with E-state index in [2.05, 4.69) is 25.8 Å². The van der Waals surface area contributed by atoms with Gasteiger partial charge in [-0.1, -0.05) is 0 Å². The quantitative estimate of drug-likeness (QED) is 0.862. The maximum atomic E-state index is 12.4. The standard InChI is InChI=1S/C13H18BrN3O/c14-10-7-12(15-8-10)13(18)17-6-2-5-16-4-1-3-11(16)9-17/h7-8,11,15H,1-6,9H2. The molecule has 4 nitrogen and oxygen atoms in total. The van der Waals surface area contributed by atoms with Crippen LogP contribution in [-0.2, 0) is 0 Å². The molecule has 1 N–H and O–H groups in total. The summed E-state index contributed by atoms with van der Waals surface area (Å²) in [5.74, 6) is 0.134. The minimum absolute atomic E-state index is 0.134. The third kappa shape index (κ3) is 2.34. The van der Waals surface area contributed by atoms with Crippen molar-refractivity contribution in [2.24, 2.45) is 0 Å². The fraction of sp³-hybridized carbons (Fsp3) is 0.615. The summed E-state index contributed by atoms with van der Waals surface area (Å²) in [6, 6.07) is 2.44. The number of hydrogen-bond acceptors (Lipinski definition) is 2. The molecule has 0 radical (unpaired) electrons. The summed E-state index contributed by atoms with van der Waals surface area (Å²) in [5.41, 5.74) is 0.688. The van der Waals surface area contributed by atoms with Crippen LogP contribution in [0.4, 0.5) is 0 Å². The van der Waals surface area contributed by atoms with Crippen molar-refractivity contribution in [3.8, 4) is 0 Å². The number of amides is 1. The molecule has 1 atom stereocenters. The Morgan fingerprint density at radius 3 is 2.94 bits per heavy atom. The van der Waals surface area contributed by atoms with Gasteiger partial charge in [0.05, 0.1) is 0 Å². The van der Waals surface area contributed by atoms with E-state index in [4.69, 9.17) is 0 Å². The highest BCUT2D eigenvalue weighted by molar-refractivity contribution is 9.10. The summed E-state index contributed by atoms with van der Waals surface area (Å²) in [4.78, 5) is 20.0. The number of H-pyrrole nitrogens is 1. The maximum absolute atomic E-state index is 12.4. The van der Waals surface area contributed by atoms with Gasteiger partial charge < -0.3 is 9.88 Å². The lowest BCUT2D eigenvalue weighted by Crippen LogP contribution is -2.39. The number of nitrogens with one attached hydrogen (secondary N) is 1. The van der Waals surface area contributed by atoms with Crippen LogP contribution in [0.15, 0.2) is 16.7 Å². The molecule has 2 fully saturated rings. The molecule has 0 bridgehead atoms. The van der Waals surface area contributed by atoms with E-state index in [0.29, 0.717) is 11.7 Å². The fourth-order valence-electron chi connectivity index (χ4n) is 3.05. The average molecular weight is 312 g/mol. The topological polar surface area (TPSA) is 39.3 Å². The molecule has 0 aromatic carbocycles. The van der Waals surface area contributed by atoms with Gasteiger partial charge in [-0.25, -0.2) is 0 Å². The van der Waals surface area contributed by atoms with Crippen molar-refractivity contribution in [3.05, 3.63) is 22.4 Å². The zero-order valence-corrected chi connectivity index (χ0v) is 11.9. The molecule has 5 heteroatoms. The first kappa shape index (κ1) is 12.2. The highest BCUT2D eigenvalue weighted by Gasteiger charge is 2.31. The summed E-state index contributed by atoms with van der Waals surface area (Å²) in [6.45, 7) is 4.11. The lowest BCUT2D eigenvalue weighted by Gasteiger charge is -2.25. The third-order valence-corrected chi connectivity index (χ3v) is 4.43. The van der Waals surface area contributed by atoms with Crippen LogP contribution in [0.3, 0.4) is 0 Å². The van der Waals surface area contributed by atoms with Gasteiger partial charge in [0.2, 0.25) is 0 Å². The van der Waals surface area contributed by atoms with Crippen LogP contribution in [0.1, 0.15) is 29.8 Å². The number of hydrogen-bond donors (Lipinski definition) is 1. The minimum Gasteiger partial charge on any atom is -0.356 e. The van der Waals surface area contributed by atoms with Crippen molar-refractivity contribution >= 4 is 21.8 Å². The summed E-state index contributed by atoms with van der Waals surface area (Å²) in [7, 11) is 0. The first-order chi connectivity index (χ1) is 8.74. The molecule has 1 unspecified atom stereocenters. The largest absolute Gasteiger partial charge is 0.356 e. The number of nitrogens with zero attached hydrogens (tertiary/aromatic N) is 2. The molecule has 2 saturated heterocycles. The van der Waals surface area contributed by atoms with Crippen LogP contribution in [0, 0.1) is 0 Å². The van der Waals surface area contributed by atoms with Crippen LogP contribution < -0.4 is 0 Å². The van der Waals surface area contributed by atoms with E-state index >= 15 is 0 Å². The molecule has 1 aromatic rings. The first-order valence-electron chi connectivity index (χ1n) is 6.61. The zero-order chi connectivity index (χ0) is 12.5. The van der Waals surface area contributed by atoms with Crippen LogP contribution in [0.5, 0.6) is 0 Å². The Hall–Kier alpha value is -0.810. The normalized spacial score (nSPS) is 24.9. The average Bonchev–Trinajstić information content (AvgIpc) is 2.93. The van der Waals surface area contributed by atoms with Gasteiger partial charge in [-0.3, -0.25) is 9.69 Å². The van der Waals surface area contributed by atoms with Crippen molar-refractivity contribution < 1.29 is 4.79 Å². The number of aromatic nitrogens is 1. The van der Waals surface area contributed by atoms with E-state index in [-0.39, 0.29) is 5.91 Å². The van der Waals surface area contributed by atoms with Gasteiger partial charge in [0, 0.05) is 36.3 Å². The van der Waals surface area contributed by atoms with Gasteiger partial charge >= 0.3 is 0 Å². The summed E-state index contributed by atoms with van der Waals surface area (Å²) >= 11 is 3.37. The number of fused-ring (bicyclic) bond motifs is 1. The molecule has 1 aromatic heterocycles. The van der Waals surface area contributed by atoms with E-state index in [9.17, 15) is 4.79 Å². The monoisotopic (exact) mass is 311 g/mol. The number of aromatic amines is 1. The van der Waals surface area contributed by atoms with Gasteiger partial charge in [-0.15, -0.1) is 0 Å². The maximum Gasteiger partial charge on any atom is 0.270 e. The minimum atomic E-state index is 0.134. The molecule has 0 spiro atoms. The lowest BCUT2D eigenvalue weighted by molar-refractivity contribution is 0.0738. The van der Waals surface area contributed by atoms with E-state index in [1.165, 1.54) is 19.4 Å². The highest BCUT2D eigenvalue weighted by Crippen LogP contribution is 2.22. The molecule has 0 aliphatic carbocycles. The van der Waals surface area contributed by atoms with E-state index < -0.39 is 0 Å². The Kier molecular flexibility index (Phi) is 3.43. The Labute approximate surface area is 115 Å². The Bertz CT molecular complexity index is 445. The summed E-state index contributed by atoms with van der Waals surface area (Å²) in [5, 5.41) is 0. The van der Waals surface area contributed by atoms with Crippen molar-refractivity contribution in [2.45, 2.75) is 25.3 Å². The van der Waals surface area contributed by atoms with E-state index in [1.54, 1.807) is 0 Å². The van der Waals surface area contributed by atoms with E-state index in [1.807, 2.05) is 17.2 Å². The molecule has 98 valence electrons. The van der Waals surface area contributed by atoms with Crippen LogP contribution in [0.25, 0.3) is 0 Å². The highest BCUT2D eigenvalue weighted by atomic mass is 79.9. The molecule has 2 aliphatic rings. The van der Waals surface area contributed by atoms with Crippen molar-refractivity contribution in [1.82, 2.24) is 14.8 Å². The third-order valence-electron chi connectivity index (χ3n) is 3.97. The lowest BCUT2D eigenvalue weighted by atomic mass is 10.2. The molecule has 3 rings (SSSR count). The molecular formula is C13H18BrN3O. The van der Waals surface area contributed by atoms with Crippen LogP contribution in [0.2, 0.25) is 0 Å². The van der Waals surface area contributed by atoms with Crippen molar-refractivity contribution in [2.75, 3.05) is 26.2 Å². The predicted molar refractivity (Wildman–Crippen MR) is 73.6 cm³/mol. The Morgan fingerprint density at radius 1 is 1.33 bits per heavy atom. The predicted octanol–water partition coefficient (Wildman–Crippen LogP) is 2.09. The second-order valence-corrected chi connectivity index (χ2v) is 6.08. The Balaban J connectivity index is 1.73. The second kappa shape index (κ2) is 5.05. The molecular weight excluding hydrogens is 294 g/mol. The smallest absolute Gasteiger partial charge is 0.270 e. The Morgan fingerprint density at radius 2 is 2.17 bits per heavy atom. The van der Waals surface area contributed by atoms with Gasteiger partial charge in [-0.2, -0.15) is 0 Å². The van der Waals surface area contributed by atoms with Crippen molar-refractivity contribution in [3.63, 3.8) is 0 Å². The zero-order valence-electron chi connectivity index (χ0n) is 10.4.